The average Bonchev–Trinajstić information content (AvgIpc) is 2.72. The van der Waals surface area contributed by atoms with Crippen molar-refractivity contribution in [2.24, 2.45) is 0 Å². The van der Waals surface area contributed by atoms with E-state index in [0.717, 1.165) is 0 Å². The maximum absolute atomic E-state index is 9.42. The van der Waals surface area contributed by atoms with Crippen LogP contribution in [0.3, 0.4) is 0 Å². The summed E-state index contributed by atoms with van der Waals surface area (Å²) in [6, 6.07) is 12.2. The lowest BCUT2D eigenvalue weighted by atomic mass is 10.3. The second-order valence-electron chi connectivity index (χ2n) is 6.70. The lowest BCUT2D eigenvalue weighted by Crippen LogP contribution is -2.14. The predicted molar refractivity (Wildman–Crippen MR) is 111 cm³/mol. The van der Waals surface area contributed by atoms with Gasteiger partial charge in [-0.1, -0.05) is 6.07 Å². The van der Waals surface area contributed by atoms with Crippen molar-refractivity contribution in [3.63, 3.8) is 0 Å². The first-order valence-electron chi connectivity index (χ1n) is 9.82. The number of aliphatic hydroxyl groups is 3. The van der Waals surface area contributed by atoms with Gasteiger partial charge < -0.3 is 39.0 Å². The molecule has 2 atom stereocenters. The van der Waals surface area contributed by atoms with Gasteiger partial charge in [0.2, 0.25) is 0 Å². The second-order valence-corrected chi connectivity index (χ2v) is 6.70. The summed E-state index contributed by atoms with van der Waals surface area (Å²) >= 11 is 0. The Morgan fingerprint density at radius 1 is 0.633 bits per heavy atom. The molecule has 8 nitrogen and oxygen atoms in total. The van der Waals surface area contributed by atoms with Gasteiger partial charge in [-0.3, -0.25) is 0 Å². The van der Waals surface area contributed by atoms with E-state index in [1.165, 1.54) is 0 Å². The first-order valence-corrected chi connectivity index (χ1v) is 9.82. The number of hydrogen-bond acceptors (Lipinski definition) is 8. The van der Waals surface area contributed by atoms with Crippen LogP contribution in [0, 0.1) is 0 Å². The Balaban J connectivity index is 1.90. The van der Waals surface area contributed by atoms with E-state index in [-0.39, 0.29) is 33.0 Å². The molecule has 0 fully saturated rings. The fourth-order valence-corrected chi connectivity index (χ4v) is 2.37. The van der Waals surface area contributed by atoms with Crippen molar-refractivity contribution in [3.8, 4) is 28.7 Å². The van der Waals surface area contributed by atoms with Gasteiger partial charge in [0.25, 0.3) is 0 Å². The summed E-state index contributed by atoms with van der Waals surface area (Å²) in [6.45, 7) is 4.28. The minimum absolute atomic E-state index is 0.0537. The molecule has 8 heteroatoms. The first kappa shape index (κ1) is 23.6. The Morgan fingerprint density at radius 2 is 1.03 bits per heavy atom. The highest BCUT2D eigenvalue weighted by Gasteiger charge is 2.08. The summed E-state index contributed by atoms with van der Waals surface area (Å²) in [5.74, 6) is 2.74. The fraction of sp³-hybridized carbons (Fsp3) is 0.455. The molecule has 0 aliphatic rings. The molecule has 0 spiro atoms. The summed E-state index contributed by atoms with van der Waals surface area (Å²) in [6.07, 6.45) is -1.22. The Labute approximate surface area is 176 Å². The maximum Gasteiger partial charge on any atom is 0.126 e. The molecular formula is C22H30O8. The zero-order valence-electron chi connectivity index (χ0n) is 17.3. The van der Waals surface area contributed by atoms with Gasteiger partial charge in [-0.25, -0.2) is 0 Å². The maximum atomic E-state index is 9.42. The summed E-state index contributed by atoms with van der Waals surface area (Å²) in [5, 5.41) is 27.7. The van der Waals surface area contributed by atoms with Crippen molar-refractivity contribution in [1.29, 1.82) is 0 Å². The number of benzene rings is 2. The van der Waals surface area contributed by atoms with E-state index in [4.69, 9.17) is 28.8 Å². The van der Waals surface area contributed by atoms with Crippen molar-refractivity contribution < 1.29 is 39.0 Å². The van der Waals surface area contributed by atoms with Gasteiger partial charge in [-0.15, -0.1) is 0 Å². The molecule has 2 aromatic carbocycles. The summed E-state index contributed by atoms with van der Waals surface area (Å²) < 4.78 is 27.8. The second kappa shape index (κ2) is 12.8. The highest BCUT2D eigenvalue weighted by molar-refractivity contribution is 5.42. The Morgan fingerprint density at radius 3 is 1.50 bits per heavy atom. The minimum atomic E-state index is -0.609. The van der Waals surface area contributed by atoms with Gasteiger partial charge in [-0.2, -0.15) is 0 Å². The topological polar surface area (TPSA) is 107 Å². The molecule has 30 heavy (non-hydrogen) atoms. The van der Waals surface area contributed by atoms with Gasteiger partial charge in [0.1, 0.15) is 61.8 Å². The molecule has 0 amide bonds. The van der Waals surface area contributed by atoms with Gasteiger partial charge in [-0.05, 0) is 26.0 Å². The van der Waals surface area contributed by atoms with Crippen molar-refractivity contribution in [1.82, 2.24) is 0 Å². The quantitative estimate of drug-likeness (QED) is 0.397. The lowest BCUT2D eigenvalue weighted by Gasteiger charge is -2.15. The van der Waals surface area contributed by atoms with Crippen molar-refractivity contribution >= 4 is 0 Å². The monoisotopic (exact) mass is 422 g/mol. The zero-order valence-corrected chi connectivity index (χ0v) is 17.3. The number of ether oxygens (including phenoxy) is 5. The van der Waals surface area contributed by atoms with Crippen molar-refractivity contribution in [2.45, 2.75) is 26.1 Å². The molecule has 2 aromatic rings. The number of aliphatic hydroxyl groups excluding tert-OH is 3. The molecule has 0 radical (unpaired) electrons. The van der Waals surface area contributed by atoms with E-state index < -0.39 is 12.2 Å². The number of hydrogen-bond donors (Lipinski definition) is 3. The molecule has 0 heterocycles. The molecule has 0 bridgehead atoms. The van der Waals surface area contributed by atoms with E-state index >= 15 is 0 Å². The van der Waals surface area contributed by atoms with E-state index in [0.29, 0.717) is 35.4 Å². The minimum Gasteiger partial charge on any atom is -0.491 e. The Bertz CT molecular complexity index is 717. The van der Waals surface area contributed by atoms with E-state index in [9.17, 15) is 10.2 Å². The summed E-state index contributed by atoms with van der Waals surface area (Å²) in [5.41, 5.74) is 0. The Hall–Kier alpha value is -2.68. The lowest BCUT2D eigenvalue weighted by molar-refractivity contribution is 0.118. The SMILES string of the molecule is CC(O)COc1cc(OCCOc2cccc(OCCO)c2)cc(OCC(C)O)c1. The van der Waals surface area contributed by atoms with Crippen LogP contribution in [0.5, 0.6) is 28.7 Å². The normalized spacial score (nSPS) is 12.7. The molecule has 166 valence electrons. The molecule has 2 unspecified atom stereocenters. The van der Waals surface area contributed by atoms with Gasteiger partial charge in [0.15, 0.2) is 0 Å². The third kappa shape index (κ3) is 9.21. The smallest absolute Gasteiger partial charge is 0.126 e. The van der Waals surface area contributed by atoms with Crippen LogP contribution in [-0.4, -0.2) is 67.2 Å². The third-order valence-electron chi connectivity index (χ3n) is 3.62. The van der Waals surface area contributed by atoms with Gasteiger partial charge in [0.05, 0.1) is 18.8 Å². The van der Waals surface area contributed by atoms with Crippen LogP contribution < -0.4 is 23.7 Å². The predicted octanol–water partition coefficient (Wildman–Crippen LogP) is 2.03. The van der Waals surface area contributed by atoms with Crippen molar-refractivity contribution in [3.05, 3.63) is 42.5 Å². The van der Waals surface area contributed by atoms with Crippen LogP contribution in [0.15, 0.2) is 42.5 Å². The standard InChI is InChI=1S/C22H30O8/c1-16(24)14-29-21-11-20(12-22(13-21)30-15-17(2)25)28-9-8-27-19-5-3-4-18(10-19)26-7-6-23/h3-5,10-13,16-17,23-25H,6-9,14-15H2,1-2H3. The highest BCUT2D eigenvalue weighted by Crippen LogP contribution is 2.28. The van der Waals surface area contributed by atoms with Gasteiger partial charge >= 0.3 is 0 Å². The van der Waals surface area contributed by atoms with Crippen LogP contribution in [-0.2, 0) is 0 Å². The summed E-state index contributed by atoms with van der Waals surface area (Å²) in [4.78, 5) is 0. The van der Waals surface area contributed by atoms with Gasteiger partial charge in [0, 0.05) is 24.3 Å². The molecule has 0 aliphatic heterocycles. The van der Waals surface area contributed by atoms with E-state index in [1.807, 2.05) is 0 Å². The summed E-state index contributed by atoms with van der Waals surface area (Å²) in [7, 11) is 0. The third-order valence-corrected chi connectivity index (χ3v) is 3.62. The average molecular weight is 422 g/mol. The van der Waals surface area contributed by atoms with Crippen LogP contribution in [0.25, 0.3) is 0 Å². The fourth-order valence-electron chi connectivity index (χ4n) is 2.37. The Kier molecular flexibility index (Phi) is 10.1. The molecule has 0 aliphatic carbocycles. The van der Waals surface area contributed by atoms with Crippen LogP contribution in [0.4, 0.5) is 0 Å². The van der Waals surface area contributed by atoms with E-state index in [1.54, 1.807) is 56.3 Å². The molecule has 0 saturated carbocycles. The van der Waals surface area contributed by atoms with Crippen LogP contribution >= 0.6 is 0 Å². The van der Waals surface area contributed by atoms with E-state index in [2.05, 4.69) is 0 Å². The zero-order chi connectivity index (χ0) is 21.8. The molecular weight excluding hydrogens is 392 g/mol. The number of rotatable bonds is 14. The molecule has 0 saturated heterocycles. The molecule has 0 aromatic heterocycles. The molecule has 3 N–H and O–H groups in total. The van der Waals surface area contributed by atoms with Crippen LogP contribution in [0.1, 0.15) is 13.8 Å². The molecule has 2 rings (SSSR count). The highest BCUT2D eigenvalue weighted by atomic mass is 16.5. The van der Waals surface area contributed by atoms with Crippen molar-refractivity contribution in [2.75, 3.05) is 39.6 Å². The largest absolute Gasteiger partial charge is 0.491 e. The van der Waals surface area contributed by atoms with Crippen LogP contribution in [0.2, 0.25) is 0 Å². The first-order chi connectivity index (χ1) is 14.5.